The molecule has 4 nitrogen and oxygen atoms in total. The molecule has 0 aliphatic rings. The number of hydrogen-bond acceptors (Lipinski definition) is 3. The number of nitrogens with zero attached hydrogens (tertiary/aromatic N) is 3. The molecule has 0 unspecified atom stereocenters. The molecule has 0 aliphatic carbocycles. The second kappa shape index (κ2) is 8.01. The number of benzene rings is 1. The third-order valence-corrected chi connectivity index (χ3v) is 4.42. The van der Waals surface area contributed by atoms with Gasteiger partial charge in [-0.2, -0.15) is 0 Å². The SMILES string of the molecule is Fc1ccccc1-n1cccc1CN(Cc1cccnc1)Cc1ccco1. The number of rotatable bonds is 7. The molecule has 4 rings (SSSR count). The first-order chi connectivity index (χ1) is 13.3. The Hall–Kier alpha value is -3.18. The van der Waals surface area contributed by atoms with E-state index in [1.807, 2.05) is 53.4 Å². The van der Waals surface area contributed by atoms with E-state index >= 15 is 0 Å². The third-order valence-electron chi connectivity index (χ3n) is 4.42. The normalized spacial score (nSPS) is 11.2. The van der Waals surface area contributed by atoms with Crippen molar-refractivity contribution in [3.63, 3.8) is 0 Å². The van der Waals surface area contributed by atoms with Crippen molar-refractivity contribution in [3.05, 3.63) is 108 Å². The first-order valence-electron chi connectivity index (χ1n) is 8.84. The Morgan fingerprint density at radius 2 is 1.85 bits per heavy atom. The number of aromatic nitrogens is 2. The summed E-state index contributed by atoms with van der Waals surface area (Å²) in [5, 5.41) is 0. The second-order valence-corrected chi connectivity index (χ2v) is 6.41. The molecule has 136 valence electrons. The van der Waals surface area contributed by atoms with Crippen LogP contribution in [0.15, 0.2) is 89.9 Å². The smallest absolute Gasteiger partial charge is 0.147 e. The van der Waals surface area contributed by atoms with Gasteiger partial charge in [0, 0.05) is 37.4 Å². The van der Waals surface area contributed by atoms with Crippen LogP contribution in [0.2, 0.25) is 0 Å². The van der Waals surface area contributed by atoms with Crippen LogP contribution >= 0.6 is 0 Å². The molecule has 1 aromatic carbocycles. The summed E-state index contributed by atoms with van der Waals surface area (Å²) in [4.78, 5) is 6.46. The molecule has 0 N–H and O–H groups in total. The van der Waals surface area contributed by atoms with Crippen LogP contribution in [0.1, 0.15) is 17.0 Å². The van der Waals surface area contributed by atoms with Gasteiger partial charge in [0.1, 0.15) is 11.6 Å². The fourth-order valence-corrected chi connectivity index (χ4v) is 3.20. The molecule has 0 bridgehead atoms. The summed E-state index contributed by atoms with van der Waals surface area (Å²) in [5.41, 5.74) is 2.68. The molecule has 0 fully saturated rings. The molecule has 0 saturated heterocycles. The number of pyridine rings is 1. The Labute approximate surface area is 157 Å². The molecule has 0 spiro atoms. The lowest BCUT2D eigenvalue weighted by Crippen LogP contribution is -2.23. The standard InChI is InChI=1S/C22H20FN3O/c23-21-9-1-2-10-22(21)26-12-4-7-19(26)16-25(17-20-8-5-13-27-20)15-18-6-3-11-24-14-18/h1-14H,15-17H2. The van der Waals surface area contributed by atoms with Gasteiger partial charge in [0.25, 0.3) is 0 Å². The minimum Gasteiger partial charge on any atom is -0.468 e. The molecule has 0 atom stereocenters. The third kappa shape index (κ3) is 4.15. The van der Waals surface area contributed by atoms with Gasteiger partial charge in [0.05, 0.1) is 18.5 Å². The van der Waals surface area contributed by atoms with Crippen LogP contribution in [0.4, 0.5) is 4.39 Å². The van der Waals surface area contributed by atoms with Crippen LogP contribution in [0, 0.1) is 5.82 Å². The summed E-state index contributed by atoms with van der Waals surface area (Å²) in [5.74, 6) is 0.655. The van der Waals surface area contributed by atoms with Crippen LogP contribution in [-0.4, -0.2) is 14.5 Å². The average molecular weight is 361 g/mol. The zero-order valence-corrected chi connectivity index (χ0v) is 14.8. The zero-order chi connectivity index (χ0) is 18.5. The number of hydrogen-bond donors (Lipinski definition) is 0. The largest absolute Gasteiger partial charge is 0.468 e. The van der Waals surface area contributed by atoms with Crippen molar-refractivity contribution in [2.75, 3.05) is 0 Å². The fourth-order valence-electron chi connectivity index (χ4n) is 3.20. The highest BCUT2D eigenvalue weighted by Gasteiger charge is 2.14. The quantitative estimate of drug-likeness (QED) is 0.474. The van der Waals surface area contributed by atoms with E-state index in [9.17, 15) is 4.39 Å². The predicted molar refractivity (Wildman–Crippen MR) is 102 cm³/mol. The van der Waals surface area contributed by atoms with Crippen molar-refractivity contribution in [3.8, 4) is 5.69 Å². The highest BCUT2D eigenvalue weighted by molar-refractivity contribution is 5.36. The topological polar surface area (TPSA) is 34.2 Å². The van der Waals surface area contributed by atoms with Crippen molar-refractivity contribution >= 4 is 0 Å². The van der Waals surface area contributed by atoms with Gasteiger partial charge in [-0.1, -0.05) is 18.2 Å². The van der Waals surface area contributed by atoms with Crippen molar-refractivity contribution in [1.29, 1.82) is 0 Å². The van der Waals surface area contributed by atoms with Crippen LogP contribution in [0.25, 0.3) is 5.69 Å². The van der Waals surface area contributed by atoms with Crippen LogP contribution in [0.3, 0.4) is 0 Å². The van der Waals surface area contributed by atoms with Gasteiger partial charge in [-0.25, -0.2) is 4.39 Å². The van der Waals surface area contributed by atoms with Crippen LogP contribution in [0.5, 0.6) is 0 Å². The molecule has 0 saturated carbocycles. The van der Waals surface area contributed by atoms with E-state index in [4.69, 9.17) is 4.42 Å². The molecule has 0 amide bonds. The first kappa shape index (κ1) is 17.2. The van der Waals surface area contributed by atoms with Crippen molar-refractivity contribution in [2.24, 2.45) is 0 Å². The molecule has 0 aliphatic heterocycles. The Kier molecular flexibility index (Phi) is 5.12. The van der Waals surface area contributed by atoms with Gasteiger partial charge in [-0.3, -0.25) is 9.88 Å². The van der Waals surface area contributed by atoms with Gasteiger partial charge >= 0.3 is 0 Å². The number of halogens is 1. The lowest BCUT2D eigenvalue weighted by molar-refractivity contribution is 0.223. The molecular formula is C22H20FN3O. The highest BCUT2D eigenvalue weighted by atomic mass is 19.1. The lowest BCUT2D eigenvalue weighted by atomic mass is 10.2. The minimum atomic E-state index is -0.236. The Balaban J connectivity index is 1.60. The maximum atomic E-state index is 14.3. The van der Waals surface area contributed by atoms with Gasteiger partial charge in [-0.05, 0) is 48.0 Å². The van der Waals surface area contributed by atoms with E-state index in [1.54, 1.807) is 24.6 Å². The fraction of sp³-hybridized carbons (Fsp3) is 0.136. The second-order valence-electron chi connectivity index (χ2n) is 6.41. The highest BCUT2D eigenvalue weighted by Crippen LogP contribution is 2.20. The van der Waals surface area contributed by atoms with Crippen LogP contribution in [-0.2, 0) is 19.6 Å². The average Bonchev–Trinajstić information content (AvgIpc) is 3.35. The van der Waals surface area contributed by atoms with Crippen molar-refractivity contribution in [2.45, 2.75) is 19.6 Å². The minimum absolute atomic E-state index is 0.236. The molecule has 3 heterocycles. The Bertz CT molecular complexity index is 980. The van der Waals surface area contributed by atoms with Crippen LogP contribution < -0.4 is 0 Å². The molecule has 0 radical (unpaired) electrons. The van der Waals surface area contributed by atoms with E-state index in [2.05, 4.69) is 16.0 Å². The Morgan fingerprint density at radius 3 is 2.63 bits per heavy atom. The van der Waals surface area contributed by atoms with Gasteiger partial charge in [0.15, 0.2) is 0 Å². The van der Waals surface area contributed by atoms with E-state index in [-0.39, 0.29) is 5.82 Å². The maximum Gasteiger partial charge on any atom is 0.147 e. The van der Waals surface area contributed by atoms with E-state index in [1.165, 1.54) is 6.07 Å². The van der Waals surface area contributed by atoms with Gasteiger partial charge in [0.2, 0.25) is 0 Å². The summed E-state index contributed by atoms with van der Waals surface area (Å²) in [7, 11) is 0. The lowest BCUT2D eigenvalue weighted by Gasteiger charge is -2.22. The van der Waals surface area contributed by atoms with Crippen molar-refractivity contribution < 1.29 is 8.81 Å². The molecule has 3 aromatic heterocycles. The zero-order valence-electron chi connectivity index (χ0n) is 14.8. The molecule has 4 aromatic rings. The van der Waals surface area contributed by atoms with Gasteiger partial charge < -0.3 is 8.98 Å². The summed E-state index contributed by atoms with van der Waals surface area (Å²) < 4.78 is 21.7. The molecule has 27 heavy (non-hydrogen) atoms. The Morgan fingerprint density at radius 1 is 0.926 bits per heavy atom. The number of furan rings is 1. The summed E-state index contributed by atoms with van der Waals surface area (Å²) in [6, 6.07) is 18.6. The number of para-hydroxylation sites is 1. The predicted octanol–water partition coefficient (Wildman–Crippen LogP) is 4.81. The summed E-state index contributed by atoms with van der Waals surface area (Å²) in [6.07, 6.45) is 7.21. The summed E-state index contributed by atoms with van der Waals surface area (Å²) in [6.45, 7) is 2.03. The van der Waals surface area contributed by atoms with E-state index in [0.717, 1.165) is 23.6 Å². The first-order valence-corrected chi connectivity index (χ1v) is 8.84. The van der Waals surface area contributed by atoms with Crippen molar-refractivity contribution in [1.82, 2.24) is 14.5 Å². The van der Waals surface area contributed by atoms with E-state index in [0.29, 0.717) is 18.8 Å². The van der Waals surface area contributed by atoms with Gasteiger partial charge in [-0.15, -0.1) is 0 Å². The summed E-state index contributed by atoms with van der Waals surface area (Å²) >= 11 is 0. The maximum absolute atomic E-state index is 14.3. The molecule has 5 heteroatoms. The van der Waals surface area contributed by atoms with E-state index < -0.39 is 0 Å². The monoisotopic (exact) mass is 361 g/mol. The molecular weight excluding hydrogens is 341 g/mol.